The minimum absolute atomic E-state index is 0.0135. The van der Waals surface area contributed by atoms with Gasteiger partial charge in [-0.25, -0.2) is 0 Å². The highest BCUT2D eigenvalue weighted by atomic mass is 16.6. The Hall–Kier alpha value is -1.65. The molecule has 2 aliphatic carbocycles. The third-order valence-corrected chi connectivity index (χ3v) is 9.09. The van der Waals surface area contributed by atoms with Crippen molar-refractivity contribution < 1.29 is 19.5 Å². The van der Waals surface area contributed by atoms with E-state index in [4.69, 9.17) is 4.74 Å². The van der Waals surface area contributed by atoms with E-state index in [1.165, 1.54) is 28.9 Å². The first-order valence-electron chi connectivity index (χ1n) is 12.3. The van der Waals surface area contributed by atoms with E-state index in [1.54, 1.807) is 0 Å². The van der Waals surface area contributed by atoms with Crippen LogP contribution in [0.1, 0.15) is 57.4 Å². The second-order valence-corrected chi connectivity index (χ2v) is 11.2. The van der Waals surface area contributed by atoms with Crippen LogP contribution in [-0.4, -0.2) is 42.4 Å². The first-order valence-corrected chi connectivity index (χ1v) is 12.3. The fourth-order valence-electron chi connectivity index (χ4n) is 7.23. The number of likely N-dealkylation sites (tertiary alicyclic amines) is 1. The van der Waals surface area contributed by atoms with Crippen molar-refractivity contribution in [2.75, 3.05) is 19.6 Å². The average Bonchev–Trinajstić information content (AvgIpc) is 3.02. The first-order chi connectivity index (χ1) is 14.9. The van der Waals surface area contributed by atoms with E-state index in [2.05, 4.69) is 25.6 Å². The summed E-state index contributed by atoms with van der Waals surface area (Å²) in [6.45, 7) is 9.52. The highest BCUT2D eigenvalue weighted by Gasteiger charge is 2.56. The Morgan fingerprint density at radius 3 is 2.68 bits per heavy atom. The molecule has 5 atom stereocenters. The number of nitrogens with one attached hydrogen (secondary N) is 1. The molecule has 2 saturated heterocycles. The molecule has 4 nitrogen and oxygen atoms in total. The summed E-state index contributed by atoms with van der Waals surface area (Å²) in [5.41, 5.74) is 2.25. The number of aliphatic hydroxyl groups is 1. The molecule has 0 radical (unpaired) electrons. The second-order valence-electron chi connectivity index (χ2n) is 11.2. The number of quaternary nitrogens is 1. The molecule has 0 bridgehead atoms. The van der Waals surface area contributed by atoms with Crippen LogP contribution in [0.15, 0.2) is 42.5 Å². The lowest BCUT2D eigenvalue weighted by Gasteiger charge is -2.50. The maximum atomic E-state index is 12.9. The molecule has 0 unspecified atom stereocenters. The zero-order valence-electron chi connectivity index (χ0n) is 18.9. The molecular formula is C27H38NO3+. The second kappa shape index (κ2) is 8.04. The molecule has 1 aromatic carbocycles. The highest BCUT2D eigenvalue weighted by molar-refractivity contribution is 5.75. The van der Waals surface area contributed by atoms with E-state index in [0.717, 1.165) is 58.2 Å². The standard InChI is InChI=1S/C27H37NO3/c1-19-7-6-10-26(2)17-24-21(15-23(19)26)22(25(29)31-24)18-28-13-11-27(30,12-14-28)16-20-8-4-3-5-9-20/h3-5,8-9,21-24,30H,1,6-7,10-18H2,2H3/p+1/t21-,22+,23-,24-,26-/m1/s1. The number of ether oxygens (including phenoxy) is 1. The molecule has 168 valence electrons. The summed E-state index contributed by atoms with van der Waals surface area (Å²) in [5, 5.41) is 11.1. The molecule has 2 aliphatic heterocycles. The summed E-state index contributed by atoms with van der Waals surface area (Å²) in [6.07, 6.45) is 8.11. The lowest BCUT2D eigenvalue weighted by molar-refractivity contribution is -0.910. The zero-order chi connectivity index (χ0) is 21.6. The fraction of sp³-hybridized carbons (Fsp3) is 0.667. The number of allylic oxidation sites excluding steroid dienone is 1. The largest absolute Gasteiger partial charge is 0.462 e. The quantitative estimate of drug-likeness (QED) is 0.577. The van der Waals surface area contributed by atoms with Gasteiger partial charge in [0.1, 0.15) is 12.0 Å². The van der Waals surface area contributed by atoms with Crippen LogP contribution < -0.4 is 4.90 Å². The number of benzene rings is 1. The van der Waals surface area contributed by atoms with Gasteiger partial charge in [-0.1, -0.05) is 49.4 Å². The summed E-state index contributed by atoms with van der Waals surface area (Å²) in [7, 11) is 0. The van der Waals surface area contributed by atoms with Crippen molar-refractivity contribution >= 4 is 5.97 Å². The van der Waals surface area contributed by atoms with Gasteiger partial charge in [0.05, 0.1) is 25.2 Å². The van der Waals surface area contributed by atoms with Crippen molar-refractivity contribution in [3.05, 3.63) is 48.0 Å². The molecule has 4 fully saturated rings. The van der Waals surface area contributed by atoms with Gasteiger partial charge in [-0.15, -0.1) is 0 Å². The van der Waals surface area contributed by atoms with Crippen LogP contribution in [0.3, 0.4) is 0 Å². The van der Waals surface area contributed by atoms with E-state index in [1.807, 2.05) is 18.2 Å². The van der Waals surface area contributed by atoms with Crippen LogP contribution in [-0.2, 0) is 16.0 Å². The number of hydrogen-bond donors (Lipinski definition) is 2. The predicted octanol–water partition coefficient (Wildman–Crippen LogP) is 2.95. The van der Waals surface area contributed by atoms with Crippen LogP contribution in [0.2, 0.25) is 0 Å². The van der Waals surface area contributed by atoms with Crippen LogP contribution in [0.4, 0.5) is 0 Å². The maximum absolute atomic E-state index is 12.9. The molecule has 2 heterocycles. The number of rotatable bonds is 4. The Morgan fingerprint density at radius 2 is 1.94 bits per heavy atom. The fourth-order valence-corrected chi connectivity index (χ4v) is 7.23. The minimum Gasteiger partial charge on any atom is -0.462 e. The van der Waals surface area contributed by atoms with Crippen LogP contribution in [0.25, 0.3) is 0 Å². The third kappa shape index (κ3) is 4.09. The Balaban J connectivity index is 1.21. The lowest BCUT2D eigenvalue weighted by atomic mass is 9.55. The molecule has 31 heavy (non-hydrogen) atoms. The number of fused-ring (bicyclic) bond motifs is 2. The normalized spacial score (nSPS) is 42.6. The lowest BCUT2D eigenvalue weighted by Crippen LogP contribution is -3.14. The van der Waals surface area contributed by atoms with Crippen molar-refractivity contribution in [1.29, 1.82) is 0 Å². The molecule has 0 aromatic heterocycles. The van der Waals surface area contributed by atoms with Gasteiger partial charge in [-0.05, 0) is 49.0 Å². The van der Waals surface area contributed by atoms with Crippen molar-refractivity contribution in [2.45, 2.75) is 70.0 Å². The van der Waals surface area contributed by atoms with Gasteiger partial charge in [0.2, 0.25) is 0 Å². The Morgan fingerprint density at radius 1 is 1.19 bits per heavy atom. The summed E-state index contributed by atoms with van der Waals surface area (Å²) < 4.78 is 5.96. The maximum Gasteiger partial charge on any atom is 0.315 e. The Labute approximate surface area is 186 Å². The smallest absolute Gasteiger partial charge is 0.315 e. The van der Waals surface area contributed by atoms with E-state index in [0.29, 0.717) is 11.8 Å². The molecule has 2 saturated carbocycles. The molecular weight excluding hydrogens is 386 g/mol. The van der Waals surface area contributed by atoms with Crippen molar-refractivity contribution in [2.24, 2.45) is 23.2 Å². The molecule has 0 spiro atoms. The van der Waals surface area contributed by atoms with Crippen molar-refractivity contribution in [3.8, 4) is 0 Å². The van der Waals surface area contributed by atoms with Gasteiger partial charge < -0.3 is 14.7 Å². The monoisotopic (exact) mass is 424 g/mol. The summed E-state index contributed by atoms with van der Waals surface area (Å²) >= 11 is 0. The number of piperidine rings is 1. The van der Waals surface area contributed by atoms with Crippen LogP contribution in [0.5, 0.6) is 0 Å². The van der Waals surface area contributed by atoms with Gasteiger partial charge in [0, 0.05) is 25.2 Å². The van der Waals surface area contributed by atoms with Crippen LogP contribution in [0, 0.1) is 23.2 Å². The van der Waals surface area contributed by atoms with Gasteiger partial charge in [0.25, 0.3) is 0 Å². The first kappa shape index (κ1) is 21.2. The minimum atomic E-state index is -0.615. The number of esters is 1. The highest BCUT2D eigenvalue weighted by Crippen LogP contribution is 2.56. The SMILES string of the molecule is C=C1CCC[C@]2(C)C[C@H]3OC(=O)[C@@H](C[NH+]4CCC(O)(Cc5ccccc5)CC4)[C@H]3C[C@H]12. The molecule has 1 aromatic rings. The summed E-state index contributed by atoms with van der Waals surface area (Å²) in [6, 6.07) is 10.3. The van der Waals surface area contributed by atoms with Crippen molar-refractivity contribution in [1.82, 2.24) is 0 Å². The van der Waals surface area contributed by atoms with Crippen molar-refractivity contribution in [3.63, 3.8) is 0 Å². The summed E-state index contributed by atoms with van der Waals surface area (Å²) in [5.74, 6) is 0.935. The molecule has 0 amide bonds. The van der Waals surface area contributed by atoms with Gasteiger partial charge in [0.15, 0.2) is 0 Å². The Bertz CT molecular complexity index is 828. The predicted molar refractivity (Wildman–Crippen MR) is 121 cm³/mol. The van der Waals surface area contributed by atoms with E-state index >= 15 is 0 Å². The number of hydrogen-bond acceptors (Lipinski definition) is 3. The van der Waals surface area contributed by atoms with Gasteiger partial charge >= 0.3 is 5.97 Å². The van der Waals surface area contributed by atoms with E-state index in [9.17, 15) is 9.90 Å². The number of carbonyl (C=O) groups is 1. The zero-order valence-corrected chi connectivity index (χ0v) is 18.9. The number of carbonyl (C=O) groups excluding carboxylic acids is 1. The van der Waals surface area contributed by atoms with E-state index in [-0.39, 0.29) is 23.4 Å². The van der Waals surface area contributed by atoms with Gasteiger partial charge in [-0.3, -0.25) is 4.79 Å². The topological polar surface area (TPSA) is 51.0 Å². The van der Waals surface area contributed by atoms with Gasteiger partial charge in [-0.2, -0.15) is 0 Å². The average molecular weight is 425 g/mol. The molecule has 2 N–H and O–H groups in total. The Kier molecular flexibility index (Phi) is 5.50. The molecule has 4 aliphatic rings. The van der Waals surface area contributed by atoms with Crippen LogP contribution >= 0.6 is 0 Å². The molecule has 5 rings (SSSR count). The molecule has 4 heteroatoms. The van der Waals surface area contributed by atoms with E-state index < -0.39 is 5.60 Å². The third-order valence-electron chi connectivity index (χ3n) is 9.09. The summed E-state index contributed by atoms with van der Waals surface area (Å²) in [4.78, 5) is 14.3.